The van der Waals surface area contributed by atoms with Crippen LogP contribution in [-0.2, 0) is 17.1 Å². The highest BCUT2D eigenvalue weighted by molar-refractivity contribution is 9.10. The highest BCUT2D eigenvalue weighted by atomic mass is 79.9. The highest BCUT2D eigenvalue weighted by Gasteiger charge is 2.24. The SMILES string of the molecule is Cn1nnc(Br)c1S(=O)(=O)Nc1ccc(Cl)c(C(N)=O)c1. The number of rotatable bonds is 4. The number of carbonyl (C=O) groups is 1. The number of hydrogen-bond donors (Lipinski definition) is 2. The Morgan fingerprint density at radius 2 is 2.14 bits per heavy atom. The van der Waals surface area contributed by atoms with Crippen molar-refractivity contribution in [1.29, 1.82) is 0 Å². The van der Waals surface area contributed by atoms with Crippen LogP contribution in [0.3, 0.4) is 0 Å². The van der Waals surface area contributed by atoms with Crippen molar-refractivity contribution in [3.63, 3.8) is 0 Å². The second-order valence-electron chi connectivity index (χ2n) is 3.97. The van der Waals surface area contributed by atoms with Gasteiger partial charge in [-0.15, -0.1) is 5.10 Å². The summed E-state index contributed by atoms with van der Waals surface area (Å²) in [5.74, 6) is -0.760. The molecule has 2 rings (SSSR count). The lowest BCUT2D eigenvalue weighted by atomic mass is 10.2. The zero-order valence-corrected chi connectivity index (χ0v) is 13.7. The summed E-state index contributed by atoms with van der Waals surface area (Å²) in [5, 5.41) is 7.17. The maximum atomic E-state index is 12.3. The summed E-state index contributed by atoms with van der Waals surface area (Å²) < 4.78 is 28.0. The first-order valence-electron chi connectivity index (χ1n) is 5.39. The molecule has 21 heavy (non-hydrogen) atoms. The zero-order chi connectivity index (χ0) is 15.8. The molecular formula is C10H9BrClN5O3S. The molecule has 1 aromatic carbocycles. The fourth-order valence-corrected chi connectivity index (χ4v) is 3.95. The molecule has 0 saturated carbocycles. The van der Waals surface area contributed by atoms with E-state index in [1.165, 1.54) is 25.2 Å². The molecule has 0 spiro atoms. The third-order valence-corrected chi connectivity index (χ3v) is 5.07. The number of sulfonamides is 1. The van der Waals surface area contributed by atoms with E-state index in [0.717, 1.165) is 4.68 Å². The van der Waals surface area contributed by atoms with Crippen molar-refractivity contribution in [2.24, 2.45) is 12.8 Å². The zero-order valence-electron chi connectivity index (χ0n) is 10.5. The fraction of sp³-hybridized carbons (Fsp3) is 0.100. The molecule has 0 saturated heterocycles. The topological polar surface area (TPSA) is 120 Å². The van der Waals surface area contributed by atoms with Gasteiger partial charge < -0.3 is 5.73 Å². The van der Waals surface area contributed by atoms with Crippen LogP contribution in [0.1, 0.15) is 10.4 Å². The van der Waals surface area contributed by atoms with Gasteiger partial charge in [-0.05, 0) is 34.1 Å². The van der Waals surface area contributed by atoms with E-state index in [1.807, 2.05) is 0 Å². The largest absolute Gasteiger partial charge is 0.366 e. The van der Waals surface area contributed by atoms with E-state index in [0.29, 0.717) is 0 Å². The molecule has 0 atom stereocenters. The maximum Gasteiger partial charge on any atom is 0.281 e. The number of benzene rings is 1. The van der Waals surface area contributed by atoms with Gasteiger partial charge in [0.1, 0.15) is 0 Å². The van der Waals surface area contributed by atoms with Gasteiger partial charge in [0, 0.05) is 12.7 Å². The molecule has 0 fully saturated rings. The molecule has 3 N–H and O–H groups in total. The average molecular weight is 395 g/mol. The van der Waals surface area contributed by atoms with E-state index in [2.05, 4.69) is 31.0 Å². The van der Waals surface area contributed by atoms with E-state index < -0.39 is 15.9 Å². The van der Waals surface area contributed by atoms with Crippen molar-refractivity contribution in [1.82, 2.24) is 15.0 Å². The molecule has 0 aliphatic rings. The number of aromatic nitrogens is 3. The molecule has 2 aromatic rings. The lowest BCUT2D eigenvalue weighted by Crippen LogP contribution is -2.18. The smallest absolute Gasteiger partial charge is 0.281 e. The third kappa shape index (κ3) is 3.17. The Labute approximate surface area is 133 Å². The van der Waals surface area contributed by atoms with Gasteiger partial charge in [0.15, 0.2) is 4.60 Å². The quantitative estimate of drug-likeness (QED) is 0.805. The van der Waals surface area contributed by atoms with Gasteiger partial charge in [-0.2, -0.15) is 8.42 Å². The van der Waals surface area contributed by atoms with Crippen LogP contribution in [-0.4, -0.2) is 29.3 Å². The molecule has 1 heterocycles. The molecule has 11 heteroatoms. The number of halogens is 2. The number of nitrogens with two attached hydrogens (primary N) is 1. The van der Waals surface area contributed by atoms with Crippen LogP contribution < -0.4 is 10.5 Å². The van der Waals surface area contributed by atoms with Gasteiger partial charge in [-0.3, -0.25) is 9.52 Å². The Hall–Kier alpha value is -1.65. The van der Waals surface area contributed by atoms with Gasteiger partial charge in [0.2, 0.25) is 10.9 Å². The predicted octanol–water partition coefficient (Wildman–Crippen LogP) is 1.13. The molecular weight excluding hydrogens is 386 g/mol. The lowest BCUT2D eigenvalue weighted by molar-refractivity contribution is 0.100. The molecule has 0 radical (unpaired) electrons. The van der Waals surface area contributed by atoms with Gasteiger partial charge in [0.25, 0.3) is 10.0 Å². The standard InChI is InChI=1S/C10H9BrClN5O3S/c1-17-10(8(11)14-16-17)21(19,20)15-5-2-3-7(12)6(4-5)9(13)18/h2-4,15H,1H3,(H2,13,18). The van der Waals surface area contributed by atoms with Crippen LogP contribution in [0.2, 0.25) is 5.02 Å². The summed E-state index contributed by atoms with van der Waals surface area (Å²) in [6, 6.07) is 4.03. The molecule has 0 aliphatic heterocycles. The third-order valence-electron chi connectivity index (χ3n) is 2.48. The Balaban J connectivity index is 2.42. The number of nitrogens with zero attached hydrogens (tertiary/aromatic N) is 3. The molecule has 112 valence electrons. The van der Waals surface area contributed by atoms with Crippen molar-refractivity contribution in [2.75, 3.05) is 4.72 Å². The second-order valence-corrected chi connectivity index (χ2v) is 6.73. The van der Waals surface area contributed by atoms with E-state index in [-0.39, 0.29) is 25.9 Å². The Kier molecular flexibility index (Phi) is 4.21. The van der Waals surface area contributed by atoms with Crippen molar-refractivity contribution >= 4 is 49.1 Å². The molecule has 8 nitrogen and oxygen atoms in total. The van der Waals surface area contributed by atoms with Gasteiger partial charge >= 0.3 is 0 Å². The van der Waals surface area contributed by atoms with Crippen molar-refractivity contribution in [3.8, 4) is 0 Å². The second kappa shape index (κ2) is 5.62. The minimum absolute atomic E-state index is 0.0130. The van der Waals surface area contributed by atoms with Crippen LogP contribution in [0.4, 0.5) is 5.69 Å². The highest BCUT2D eigenvalue weighted by Crippen LogP contribution is 2.24. The predicted molar refractivity (Wildman–Crippen MR) is 79.5 cm³/mol. The number of anilines is 1. The Bertz CT molecular complexity index is 801. The van der Waals surface area contributed by atoms with E-state index >= 15 is 0 Å². The van der Waals surface area contributed by atoms with Crippen molar-refractivity contribution in [3.05, 3.63) is 33.4 Å². The number of amides is 1. The average Bonchev–Trinajstić information content (AvgIpc) is 2.71. The van der Waals surface area contributed by atoms with Gasteiger partial charge in [0.05, 0.1) is 10.6 Å². The van der Waals surface area contributed by atoms with Crippen LogP contribution in [0.15, 0.2) is 27.8 Å². The molecule has 1 amide bonds. The number of primary amides is 1. The van der Waals surface area contributed by atoms with E-state index in [1.54, 1.807) is 0 Å². The number of nitrogens with one attached hydrogen (secondary N) is 1. The summed E-state index contributed by atoms with van der Waals surface area (Å²) in [4.78, 5) is 11.2. The van der Waals surface area contributed by atoms with Crippen molar-refractivity contribution in [2.45, 2.75) is 5.03 Å². The normalized spacial score (nSPS) is 11.4. The number of carbonyl (C=O) groups excluding carboxylic acids is 1. The minimum Gasteiger partial charge on any atom is -0.366 e. The summed E-state index contributed by atoms with van der Waals surface area (Å²) in [6.45, 7) is 0. The Morgan fingerprint density at radius 3 is 2.67 bits per heavy atom. The van der Waals surface area contributed by atoms with Crippen LogP contribution in [0, 0.1) is 0 Å². The van der Waals surface area contributed by atoms with Crippen molar-refractivity contribution < 1.29 is 13.2 Å². The maximum absolute atomic E-state index is 12.3. The minimum atomic E-state index is -3.94. The fourth-order valence-electron chi connectivity index (χ4n) is 1.59. The monoisotopic (exact) mass is 393 g/mol. The molecule has 1 aromatic heterocycles. The van der Waals surface area contributed by atoms with Crippen LogP contribution in [0.5, 0.6) is 0 Å². The first-order valence-corrected chi connectivity index (χ1v) is 8.05. The summed E-state index contributed by atoms with van der Waals surface area (Å²) in [6.07, 6.45) is 0. The van der Waals surface area contributed by atoms with E-state index in [9.17, 15) is 13.2 Å². The molecule has 0 bridgehead atoms. The first-order chi connectivity index (χ1) is 9.72. The van der Waals surface area contributed by atoms with Crippen LogP contribution >= 0.6 is 27.5 Å². The Morgan fingerprint density at radius 1 is 1.48 bits per heavy atom. The van der Waals surface area contributed by atoms with E-state index in [4.69, 9.17) is 17.3 Å². The lowest BCUT2D eigenvalue weighted by Gasteiger charge is -2.09. The number of hydrogen-bond acceptors (Lipinski definition) is 5. The summed E-state index contributed by atoms with van der Waals surface area (Å²) in [5.41, 5.74) is 5.31. The summed E-state index contributed by atoms with van der Waals surface area (Å²) >= 11 is 8.81. The van der Waals surface area contributed by atoms with Gasteiger partial charge in [-0.25, -0.2) is 4.68 Å². The molecule has 0 aliphatic carbocycles. The van der Waals surface area contributed by atoms with Gasteiger partial charge in [-0.1, -0.05) is 16.8 Å². The first kappa shape index (κ1) is 15.7. The van der Waals surface area contributed by atoms with Crippen LogP contribution in [0.25, 0.3) is 0 Å². The molecule has 0 unspecified atom stereocenters. The summed E-state index contributed by atoms with van der Waals surface area (Å²) in [7, 11) is -2.51. The number of aryl methyl sites for hydroxylation is 1.